The molecule has 0 bridgehead atoms. The van der Waals surface area contributed by atoms with Crippen LogP contribution in [0.2, 0.25) is 0 Å². The minimum absolute atomic E-state index is 0.122. The van der Waals surface area contributed by atoms with Crippen molar-refractivity contribution in [2.75, 3.05) is 13.7 Å². The molecule has 0 aromatic heterocycles. The van der Waals surface area contributed by atoms with Crippen LogP contribution in [-0.4, -0.2) is 19.8 Å². The summed E-state index contributed by atoms with van der Waals surface area (Å²) in [6.07, 6.45) is 0.798. The zero-order chi connectivity index (χ0) is 11.3. The topological polar surface area (TPSA) is 44.5 Å². The summed E-state index contributed by atoms with van der Waals surface area (Å²) in [5, 5.41) is 0. The molecule has 1 aromatic carbocycles. The van der Waals surface area contributed by atoms with Crippen LogP contribution in [0.15, 0.2) is 18.2 Å². The van der Waals surface area contributed by atoms with Gasteiger partial charge in [0.2, 0.25) is 0 Å². The van der Waals surface area contributed by atoms with Crippen LogP contribution in [0.1, 0.15) is 19.4 Å². The van der Waals surface area contributed by atoms with Crippen LogP contribution in [0.4, 0.5) is 0 Å². The van der Waals surface area contributed by atoms with Gasteiger partial charge >= 0.3 is 0 Å². The van der Waals surface area contributed by atoms with Gasteiger partial charge in [0.15, 0.2) is 11.5 Å². The van der Waals surface area contributed by atoms with Gasteiger partial charge in [0.25, 0.3) is 0 Å². The molecule has 84 valence electrons. The fraction of sp³-hybridized carbons (Fsp3) is 0.500. The normalized spacial score (nSPS) is 12.3. The fourth-order valence-electron chi connectivity index (χ4n) is 1.54. The molecular weight excluding hydrogens is 190 g/mol. The van der Waals surface area contributed by atoms with Crippen molar-refractivity contribution in [1.29, 1.82) is 0 Å². The number of hydrogen-bond acceptors (Lipinski definition) is 3. The van der Waals surface area contributed by atoms with Crippen LogP contribution in [-0.2, 0) is 6.42 Å². The summed E-state index contributed by atoms with van der Waals surface area (Å²) in [5.74, 6) is 1.59. The molecule has 1 rings (SSSR count). The molecule has 0 radical (unpaired) electrons. The highest BCUT2D eigenvalue weighted by atomic mass is 16.5. The van der Waals surface area contributed by atoms with Gasteiger partial charge in [-0.2, -0.15) is 0 Å². The highest BCUT2D eigenvalue weighted by molar-refractivity contribution is 5.46. The molecule has 0 fully saturated rings. The summed E-state index contributed by atoms with van der Waals surface area (Å²) < 4.78 is 10.8. The third-order valence-electron chi connectivity index (χ3n) is 2.11. The van der Waals surface area contributed by atoms with Crippen molar-refractivity contribution < 1.29 is 9.47 Å². The lowest BCUT2D eigenvalue weighted by atomic mass is 10.1. The third-order valence-corrected chi connectivity index (χ3v) is 2.11. The first-order valence-corrected chi connectivity index (χ1v) is 5.23. The van der Waals surface area contributed by atoms with E-state index >= 15 is 0 Å². The van der Waals surface area contributed by atoms with Crippen molar-refractivity contribution >= 4 is 0 Å². The van der Waals surface area contributed by atoms with Gasteiger partial charge in [-0.05, 0) is 31.9 Å². The van der Waals surface area contributed by atoms with E-state index in [4.69, 9.17) is 15.2 Å². The van der Waals surface area contributed by atoms with E-state index in [1.807, 2.05) is 32.0 Å². The second-order valence-corrected chi connectivity index (χ2v) is 3.56. The number of rotatable bonds is 5. The minimum Gasteiger partial charge on any atom is -0.493 e. The second kappa shape index (κ2) is 5.61. The molecule has 3 nitrogen and oxygen atoms in total. The summed E-state index contributed by atoms with van der Waals surface area (Å²) in [5.41, 5.74) is 6.89. The molecule has 0 amide bonds. The first-order valence-electron chi connectivity index (χ1n) is 5.23. The lowest BCUT2D eigenvalue weighted by molar-refractivity contribution is 0.307. The number of benzene rings is 1. The summed E-state index contributed by atoms with van der Waals surface area (Å²) in [7, 11) is 1.65. The Bertz CT molecular complexity index is 310. The number of methoxy groups -OCH3 is 1. The number of ether oxygens (including phenoxy) is 2. The van der Waals surface area contributed by atoms with E-state index < -0.39 is 0 Å². The summed E-state index contributed by atoms with van der Waals surface area (Å²) in [6, 6.07) is 6.00. The van der Waals surface area contributed by atoms with Gasteiger partial charge in [0.1, 0.15) is 0 Å². The molecule has 0 saturated carbocycles. The lowest BCUT2D eigenvalue weighted by Gasteiger charge is -2.15. The Morgan fingerprint density at radius 2 is 2.13 bits per heavy atom. The van der Waals surface area contributed by atoms with Crippen LogP contribution >= 0.6 is 0 Å². The first-order chi connectivity index (χ1) is 7.19. The number of hydrogen-bond donors (Lipinski definition) is 1. The predicted octanol–water partition coefficient (Wildman–Crippen LogP) is 1.98. The van der Waals surface area contributed by atoms with E-state index in [9.17, 15) is 0 Å². The lowest BCUT2D eigenvalue weighted by Crippen LogP contribution is -2.18. The van der Waals surface area contributed by atoms with E-state index in [0.29, 0.717) is 6.61 Å². The van der Waals surface area contributed by atoms with Gasteiger partial charge in [0, 0.05) is 6.04 Å². The van der Waals surface area contributed by atoms with Crippen molar-refractivity contribution in [3.8, 4) is 11.5 Å². The van der Waals surface area contributed by atoms with Crippen molar-refractivity contribution in [2.24, 2.45) is 5.73 Å². The van der Waals surface area contributed by atoms with Crippen molar-refractivity contribution in [1.82, 2.24) is 0 Å². The quantitative estimate of drug-likeness (QED) is 0.806. The fourth-order valence-corrected chi connectivity index (χ4v) is 1.54. The Kier molecular flexibility index (Phi) is 4.43. The van der Waals surface area contributed by atoms with E-state index in [0.717, 1.165) is 23.5 Å². The summed E-state index contributed by atoms with van der Waals surface area (Å²) >= 11 is 0. The maximum absolute atomic E-state index is 5.78. The average molecular weight is 209 g/mol. The van der Waals surface area contributed by atoms with Gasteiger partial charge in [-0.3, -0.25) is 0 Å². The zero-order valence-electron chi connectivity index (χ0n) is 9.62. The molecule has 0 aliphatic heterocycles. The van der Waals surface area contributed by atoms with E-state index in [1.54, 1.807) is 7.11 Å². The van der Waals surface area contributed by atoms with Gasteiger partial charge in [0.05, 0.1) is 13.7 Å². The molecule has 0 spiro atoms. The van der Waals surface area contributed by atoms with Crippen LogP contribution in [0.5, 0.6) is 11.5 Å². The highest BCUT2D eigenvalue weighted by Crippen LogP contribution is 2.31. The molecule has 0 heterocycles. The van der Waals surface area contributed by atoms with E-state index in [1.165, 1.54) is 0 Å². The molecule has 0 aliphatic rings. The van der Waals surface area contributed by atoms with E-state index in [2.05, 4.69) is 0 Å². The van der Waals surface area contributed by atoms with Crippen LogP contribution in [0.3, 0.4) is 0 Å². The van der Waals surface area contributed by atoms with Crippen LogP contribution < -0.4 is 15.2 Å². The van der Waals surface area contributed by atoms with Crippen LogP contribution in [0.25, 0.3) is 0 Å². The second-order valence-electron chi connectivity index (χ2n) is 3.56. The number of para-hydroxylation sites is 1. The third kappa shape index (κ3) is 3.13. The monoisotopic (exact) mass is 209 g/mol. The maximum atomic E-state index is 5.78. The standard InChI is InChI=1S/C12H19NO2/c1-4-15-12-10(8-9(2)13)6-5-7-11(12)14-3/h5-7,9H,4,8,13H2,1-3H3. The van der Waals surface area contributed by atoms with Gasteiger partial charge < -0.3 is 15.2 Å². The molecular formula is C12H19NO2. The smallest absolute Gasteiger partial charge is 0.164 e. The first kappa shape index (κ1) is 11.9. The molecule has 1 unspecified atom stereocenters. The molecule has 15 heavy (non-hydrogen) atoms. The van der Waals surface area contributed by atoms with Crippen molar-refractivity contribution in [2.45, 2.75) is 26.3 Å². The Morgan fingerprint density at radius 3 is 2.67 bits per heavy atom. The Labute approximate surface area is 91.2 Å². The van der Waals surface area contributed by atoms with Crippen molar-refractivity contribution in [3.05, 3.63) is 23.8 Å². The minimum atomic E-state index is 0.122. The van der Waals surface area contributed by atoms with Gasteiger partial charge in [-0.15, -0.1) is 0 Å². The summed E-state index contributed by atoms with van der Waals surface area (Å²) in [4.78, 5) is 0. The molecule has 2 N–H and O–H groups in total. The zero-order valence-corrected chi connectivity index (χ0v) is 9.62. The highest BCUT2D eigenvalue weighted by Gasteiger charge is 2.10. The predicted molar refractivity (Wildman–Crippen MR) is 61.5 cm³/mol. The number of nitrogens with two attached hydrogens (primary N) is 1. The molecule has 3 heteroatoms. The largest absolute Gasteiger partial charge is 0.493 e. The van der Waals surface area contributed by atoms with Crippen molar-refractivity contribution in [3.63, 3.8) is 0 Å². The average Bonchev–Trinajstić information content (AvgIpc) is 2.20. The Morgan fingerprint density at radius 1 is 1.40 bits per heavy atom. The van der Waals surface area contributed by atoms with Gasteiger partial charge in [-0.25, -0.2) is 0 Å². The molecule has 1 atom stereocenters. The van der Waals surface area contributed by atoms with E-state index in [-0.39, 0.29) is 6.04 Å². The summed E-state index contributed by atoms with van der Waals surface area (Å²) in [6.45, 7) is 4.57. The van der Waals surface area contributed by atoms with Crippen LogP contribution in [0, 0.1) is 0 Å². The van der Waals surface area contributed by atoms with Gasteiger partial charge in [-0.1, -0.05) is 12.1 Å². The Hall–Kier alpha value is -1.22. The molecule has 0 saturated heterocycles. The Balaban J connectivity index is 3.01. The maximum Gasteiger partial charge on any atom is 0.164 e. The molecule has 1 aromatic rings. The molecule has 0 aliphatic carbocycles. The SMILES string of the molecule is CCOc1c(CC(C)N)cccc1OC.